The number of primary sulfonamides is 1. The van der Waals surface area contributed by atoms with Gasteiger partial charge in [-0.3, -0.25) is 9.59 Å². The molecule has 9 heteroatoms. The van der Waals surface area contributed by atoms with E-state index in [1.165, 1.54) is 24.3 Å². The lowest BCUT2D eigenvalue weighted by molar-refractivity contribution is -0.136. The molecule has 0 saturated heterocycles. The Morgan fingerprint density at radius 3 is 2.25 bits per heavy atom. The second kappa shape index (κ2) is 6.98. The largest absolute Gasteiger partial charge is 0.396 e. The molecule has 0 aromatic heterocycles. The molecule has 0 unspecified atom stereocenters. The molecule has 20 heavy (non-hydrogen) atoms. The molecule has 0 heterocycles. The summed E-state index contributed by atoms with van der Waals surface area (Å²) in [4.78, 5) is 22.7. The molecule has 0 fully saturated rings. The lowest BCUT2D eigenvalue weighted by Gasteiger charge is -2.06. The first-order valence-electron chi connectivity index (χ1n) is 5.67. The second-order valence-electron chi connectivity index (χ2n) is 3.86. The van der Waals surface area contributed by atoms with Crippen LogP contribution >= 0.6 is 0 Å². The van der Waals surface area contributed by atoms with Gasteiger partial charge in [0.1, 0.15) is 0 Å². The van der Waals surface area contributed by atoms with Gasteiger partial charge in [0.15, 0.2) is 0 Å². The Hall–Kier alpha value is -1.97. The standard InChI is InChI=1S/C11H15N3O5S/c12-20(18,19)9-4-2-8(3-5-9)14-11(17)10(16)13-6-1-7-15/h2-5,15H,1,6-7H2,(H,13,16)(H,14,17)(H2,12,18,19). The Morgan fingerprint density at radius 2 is 1.75 bits per heavy atom. The predicted octanol–water partition coefficient (Wildman–Crippen LogP) is -1.23. The van der Waals surface area contributed by atoms with Crippen LogP contribution in [0.1, 0.15) is 6.42 Å². The van der Waals surface area contributed by atoms with E-state index in [0.29, 0.717) is 6.42 Å². The lowest BCUT2D eigenvalue weighted by Crippen LogP contribution is -2.36. The van der Waals surface area contributed by atoms with E-state index in [0.717, 1.165) is 0 Å². The molecule has 0 aliphatic rings. The number of hydrogen-bond acceptors (Lipinski definition) is 5. The Bertz CT molecular complexity index is 583. The zero-order valence-corrected chi connectivity index (χ0v) is 11.3. The minimum Gasteiger partial charge on any atom is -0.396 e. The van der Waals surface area contributed by atoms with Crippen molar-refractivity contribution in [3.8, 4) is 0 Å². The number of anilines is 1. The van der Waals surface area contributed by atoms with Gasteiger partial charge in [-0.25, -0.2) is 13.6 Å². The molecule has 2 amide bonds. The van der Waals surface area contributed by atoms with Crippen LogP contribution < -0.4 is 15.8 Å². The van der Waals surface area contributed by atoms with Crippen molar-refractivity contribution >= 4 is 27.5 Å². The van der Waals surface area contributed by atoms with Gasteiger partial charge < -0.3 is 15.7 Å². The molecule has 1 aromatic carbocycles. The number of nitrogens with two attached hydrogens (primary N) is 1. The molecule has 0 aliphatic heterocycles. The highest BCUT2D eigenvalue weighted by Gasteiger charge is 2.13. The van der Waals surface area contributed by atoms with Gasteiger partial charge in [0.05, 0.1) is 4.90 Å². The fraction of sp³-hybridized carbons (Fsp3) is 0.273. The van der Waals surface area contributed by atoms with Crippen LogP contribution in [-0.2, 0) is 19.6 Å². The van der Waals surface area contributed by atoms with Gasteiger partial charge >= 0.3 is 11.8 Å². The Labute approximate surface area is 116 Å². The van der Waals surface area contributed by atoms with E-state index in [2.05, 4.69) is 10.6 Å². The van der Waals surface area contributed by atoms with Gasteiger partial charge in [0, 0.05) is 18.8 Å². The first-order valence-corrected chi connectivity index (χ1v) is 7.22. The fourth-order valence-electron chi connectivity index (χ4n) is 1.28. The minimum absolute atomic E-state index is 0.0864. The normalized spacial score (nSPS) is 10.9. The van der Waals surface area contributed by atoms with Gasteiger partial charge in [-0.1, -0.05) is 0 Å². The molecule has 5 N–H and O–H groups in total. The maximum absolute atomic E-state index is 11.5. The van der Waals surface area contributed by atoms with Gasteiger partial charge in [0.2, 0.25) is 10.0 Å². The number of aliphatic hydroxyl groups excluding tert-OH is 1. The molecule has 8 nitrogen and oxygen atoms in total. The number of hydrogen-bond donors (Lipinski definition) is 4. The van der Waals surface area contributed by atoms with Crippen molar-refractivity contribution in [3.05, 3.63) is 24.3 Å². The van der Waals surface area contributed by atoms with E-state index in [4.69, 9.17) is 10.2 Å². The highest BCUT2D eigenvalue weighted by Crippen LogP contribution is 2.12. The third-order valence-corrected chi connectivity index (χ3v) is 3.20. The lowest BCUT2D eigenvalue weighted by atomic mass is 10.3. The molecule has 0 saturated carbocycles. The van der Waals surface area contributed by atoms with Gasteiger partial charge in [-0.05, 0) is 30.7 Å². The summed E-state index contributed by atoms with van der Waals surface area (Å²) in [6.07, 6.45) is 0.349. The van der Waals surface area contributed by atoms with E-state index >= 15 is 0 Å². The van der Waals surface area contributed by atoms with Crippen molar-refractivity contribution < 1.29 is 23.1 Å². The summed E-state index contributed by atoms with van der Waals surface area (Å²) in [7, 11) is -3.79. The maximum Gasteiger partial charge on any atom is 0.313 e. The Kier molecular flexibility index (Phi) is 5.62. The van der Waals surface area contributed by atoms with Crippen LogP contribution in [0.3, 0.4) is 0 Å². The van der Waals surface area contributed by atoms with Crippen molar-refractivity contribution in [1.82, 2.24) is 5.32 Å². The highest BCUT2D eigenvalue weighted by molar-refractivity contribution is 7.89. The van der Waals surface area contributed by atoms with E-state index in [1.807, 2.05) is 0 Å². The SMILES string of the molecule is NS(=O)(=O)c1ccc(NC(=O)C(=O)NCCCO)cc1. The fourth-order valence-corrected chi connectivity index (χ4v) is 1.79. The number of rotatable bonds is 5. The molecule has 0 bridgehead atoms. The van der Waals surface area contributed by atoms with Gasteiger partial charge in [-0.2, -0.15) is 0 Å². The van der Waals surface area contributed by atoms with Crippen LogP contribution in [0.4, 0.5) is 5.69 Å². The number of nitrogens with one attached hydrogen (secondary N) is 2. The van der Waals surface area contributed by atoms with Gasteiger partial charge in [-0.15, -0.1) is 0 Å². The van der Waals surface area contributed by atoms with Crippen molar-refractivity contribution in [2.75, 3.05) is 18.5 Å². The number of sulfonamides is 1. The Morgan fingerprint density at radius 1 is 1.15 bits per heavy atom. The summed E-state index contributed by atoms with van der Waals surface area (Å²) in [5.41, 5.74) is 0.264. The number of carbonyl (C=O) groups excluding carboxylic acids is 2. The average Bonchev–Trinajstić information content (AvgIpc) is 2.38. The molecule has 1 rings (SSSR count). The molecule has 0 spiro atoms. The van der Waals surface area contributed by atoms with E-state index in [1.54, 1.807) is 0 Å². The third kappa shape index (κ3) is 4.96. The summed E-state index contributed by atoms with van der Waals surface area (Å²) in [5.74, 6) is -1.72. The first kappa shape index (κ1) is 16.1. The first-order chi connectivity index (χ1) is 9.34. The zero-order valence-electron chi connectivity index (χ0n) is 10.5. The summed E-state index contributed by atoms with van der Waals surface area (Å²) >= 11 is 0. The number of benzene rings is 1. The second-order valence-corrected chi connectivity index (χ2v) is 5.42. The summed E-state index contributed by atoms with van der Waals surface area (Å²) in [6.45, 7) is 0.101. The Balaban J connectivity index is 2.60. The van der Waals surface area contributed by atoms with Crippen LogP contribution in [0.15, 0.2) is 29.2 Å². The van der Waals surface area contributed by atoms with Crippen molar-refractivity contribution in [2.24, 2.45) is 5.14 Å². The van der Waals surface area contributed by atoms with Crippen LogP contribution in [0.2, 0.25) is 0 Å². The molecule has 0 atom stereocenters. The molecule has 0 aliphatic carbocycles. The van der Waals surface area contributed by atoms with Crippen molar-refractivity contribution in [3.63, 3.8) is 0 Å². The monoisotopic (exact) mass is 301 g/mol. The molecule has 110 valence electrons. The van der Waals surface area contributed by atoms with Crippen LogP contribution in [0.5, 0.6) is 0 Å². The van der Waals surface area contributed by atoms with Gasteiger partial charge in [0.25, 0.3) is 0 Å². The predicted molar refractivity (Wildman–Crippen MR) is 71.2 cm³/mol. The van der Waals surface area contributed by atoms with Crippen LogP contribution in [0.25, 0.3) is 0 Å². The highest BCUT2D eigenvalue weighted by atomic mass is 32.2. The van der Waals surface area contributed by atoms with E-state index in [-0.39, 0.29) is 23.7 Å². The quantitative estimate of drug-likeness (QED) is 0.398. The third-order valence-electron chi connectivity index (χ3n) is 2.27. The van der Waals surface area contributed by atoms with Crippen molar-refractivity contribution in [2.45, 2.75) is 11.3 Å². The summed E-state index contributed by atoms with van der Waals surface area (Å²) in [6, 6.07) is 5.07. The van der Waals surface area contributed by atoms with Crippen LogP contribution in [0, 0.1) is 0 Å². The average molecular weight is 301 g/mol. The molecular weight excluding hydrogens is 286 g/mol. The number of carbonyl (C=O) groups is 2. The van der Waals surface area contributed by atoms with Crippen molar-refractivity contribution in [1.29, 1.82) is 0 Å². The maximum atomic E-state index is 11.5. The summed E-state index contributed by atoms with van der Waals surface area (Å²) in [5, 5.41) is 18.1. The molecule has 1 aromatic rings. The molecular formula is C11H15N3O5S. The van der Waals surface area contributed by atoms with Crippen LogP contribution in [-0.4, -0.2) is 38.5 Å². The smallest absolute Gasteiger partial charge is 0.313 e. The number of aliphatic hydroxyl groups is 1. The minimum atomic E-state index is -3.79. The van der Waals surface area contributed by atoms with E-state index < -0.39 is 21.8 Å². The molecule has 0 radical (unpaired) electrons. The summed E-state index contributed by atoms with van der Waals surface area (Å²) < 4.78 is 22.1. The van der Waals surface area contributed by atoms with E-state index in [9.17, 15) is 18.0 Å². The zero-order chi connectivity index (χ0) is 15.2. The topological polar surface area (TPSA) is 139 Å². The number of amides is 2.